The minimum atomic E-state index is -0.506. The van der Waals surface area contributed by atoms with Gasteiger partial charge in [-0.15, -0.1) is 0 Å². The standard InChI is InChI=1S/4C18H15P.C16H12N4.C12H13IN2O2.C9H7BrN2.C6H12BO2.C6H15N.CH2O3.CH4O.2Cs.Pd.H/c4*1-4-10-16(11-5-1)19(17-12-6-2-7-13-17)18-14-8-3-9-15-18;17-15-8-12(10-4-1-2-6-14(10)20-15)13-9-19-16-11(13)5-3-7-18-16;1-12(2,3)17-11(16)15-7-9(13)8-5-4-6-14-10(8)15;10-7-5-9(11)12-8-4-2-1-3-6(7)8;1-5(2)6(3,4)9-7-8-5;1-4-7(5-2)6-3;2-1-4-3;1-2;;;;/h4*1-15H;1-9H,(H2,17,20)(H,18,19);4-7H,1-3H3;1-5H,(H2,11,12);1-4H3;4-6H2,1-3H3;1,3H;2H,1H3;;;;/q;;;;;;;;;;;2*+1;;-1/p-1. The van der Waals surface area contributed by atoms with Crippen LogP contribution in [0.15, 0.2) is 478 Å². The molecule has 17 nitrogen and oxygen atoms in total. The number of carbonyl (C=O) groups is 2. The third-order valence-corrected chi connectivity index (χ3v) is 34.2. The number of aromatic nitrogens is 6. The first-order valence-electron chi connectivity index (χ1n) is 48.1. The second kappa shape index (κ2) is 67.9. The number of nitrogens with two attached hydrogens (primary N) is 2. The van der Waals surface area contributed by atoms with Gasteiger partial charge in [0.1, 0.15) is 28.5 Å². The van der Waals surface area contributed by atoms with Crippen LogP contribution in [0.25, 0.3) is 55.0 Å². The molecule has 759 valence electrons. The van der Waals surface area contributed by atoms with Gasteiger partial charge in [0.25, 0.3) is 6.47 Å². The molecule has 0 amide bonds. The van der Waals surface area contributed by atoms with Gasteiger partial charge in [-0.05, 0) is 256 Å². The Bertz CT molecular complexity index is 6390. The second-order valence-corrected chi connectivity index (χ2v) is 45.4. The van der Waals surface area contributed by atoms with Crippen LogP contribution in [0.3, 0.4) is 0 Å². The predicted molar refractivity (Wildman–Crippen MR) is 636 cm³/mol. The van der Waals surface area contributed by atoms with Gasteiger partial charge in [0.15, 0.2) is 0 Å². The molecule has 1 aliphatic rings. The Labute approximate surface area is 1040 Å². The smallest absolute Gasteiger partial charge is 1.00 e. The summed E-state index contributed by atoms with van der Waals surface area (Å²) in [7, 11) is 0.633. The summed E-state index contributed by atoms with van der Waals surface area (Å²) in [6.45, 7) is 23.5. The number of rotatable bonds is 17. The number of aliphatic hydroxyl groups excluding tert-OH is 1. The van der Waals surface area contributed by atoms with Crippen LogP contribution < -0.4 is 218 Å². The van der Waals surface area contributed by atoms with E-state index in [2.05, 4.69) is 470 Å². The number of aliphatic hydroxyl groups is 1. The molecule has 7 heterocycles. The van der Waals surface area contributed by atoms with Crippen LogP contribution in [0.2, 0.25) is 0 Å². The third-order valence-electron chi connectivity index (χ3n) is 23.0. The average Bonchev–Trinajstić information content (AvgIpc) is 1.64. The molecule has 6 aromatic heterocycles. The summed E-state index contributed by atoms with van der Waals surface area (Å²) in [6.07, 6.45) is 6.76. The van der Waals surface area contributed by atoms with Crippen LogP contribution in [0.5, 0.6) is 0 Å². The maximum atomic E-state index is 12.0. The summed E-state index contributed by atoms with van der Waals surface area (Å²) in [6, 6.07) is 157. The zero-order valence-electron chi connectivity index (χ0n) is 87.8. The van der Waals surface area contributed by atoms with E-state index < -0.39 is 43.4 Å². The maximum absolute atomic E-state index is 12.0. The molecular weight excluding hydrogens is 2450 g/mol. The van der Waals surface area contributed by atoms with Gasteiger partial charge in [0, 0.05) is 87.5 Å². The van der Waals surface area contributed by atoms with Crippen molar-refractivity contribution in [3.8, 4) is 11.1 Å². The first-order valence-corrected chi connectivity index (χ1v) is 55.4. The molecule has 21 rings (SSSR count). The monoisotopic (exact) mass is 2570 g/mol. The molecule has 20 aromatic rings. The number of aromatic amines is 1. The minimum absolute atomic E-state index is 0. The molecule has 0 saturated carbocycles. The van der Waals surface area contributed by atoms with Crippen molar-refractivity contribution in [3.05, 3.63) is 482 Å². The van der Waals surface area contributed by atoms with Gasteiger partial charge in [0.2, 0.25) is 0 Å². The van der Waals surface area contributed by atoms with Gasteiger partial charge in [-0.1, -0.05) is 421 Å². The maximum Gasteiger partial charge on any atom is 1.00 e. The number of benzene rings is 14. The van der Waals surface area contributed by atoms with E-state index in [0.29, 0.717) is 17.3 Å². The Balaban J connectivity index is 0.000000230. The number of hydrogen-bond donors (Lipinski definition) is 4. The number of hydrogen-bond acceptors (Lipinski definition) is 15. The van der Waals surface area contributed by atoms with E-state index in [1.807, 2.05) is 127 Å². The first kappa shape index (κ1) is 127. The molecule has 0 bridgehead atoms. The van der Waals surface area contributed by atoms with Crippen molar-refractivity contribution in [2.75, 3.05) is 38.2 Å². The molecule has 0 spiro atoms. The number of para-hydroxylation sites is 2. The fraction of sp³-hybridized carbons (Fsp3) is 0.138. The summed E-state index contributed by atoms with van der Waals surface area (Å²) in [4.78, 5) is 45.9. The molecule has 27 heteroatoms. The third kappa shape index (κ3) is 39.1. The van der Waals surface area contributed by atoms with Crippen LogP contribution in [-0.2, 0) is 44.2 Å². The Morgan fingerprint density at radius 1 is 0.433 bits per heavy atom. The summed E-state index contributed by atoms with van der Waals surface area (Å²) in [5.74, 6) is 1.07. The van der Waals surface area contributed by atoms with Gasteiger partial charge < -0.3 is 52.1 Å². The van der Waals surface area contributed by atoms with E-state index in [9.17, 15) is 4.79 Å². The van der Waals surface area contributed by atoms with Gasteiger partial charge in [0.05, 0.1) is 22.2 Å². The number of nitrogens with one attached hydrogen (secondary N) is 1. The molecule has 150 heavy (non-hydrogen) atoms. The van der Waals surface area contributed by atoms with Crippen LogP contribution in [0.4, 0.5) is 16.4 Å². The van der Waals surface area contributed by atoms with Crippen LogP contribution in [0.1, 0.15) is 70.7 Å². The van der Waals surface area contributed by atoms with Crippen molar-refractivity contribution in [2.24, 2.45) is 0 Å². The van der Waals surface area contributed by atoms with Crippen molar-refractivity contribution in [1.82, 2.24) is 34.4 Å². The fourth-order valence-electron chi connectivity index (χ4n) is 15.2. The van der Waals surface area contributed by atoms with Crippen LogP contribution >= 0.6 is 70.2 Å². The number of carbonyl (C=O) groups excluding carboxylic acids is 2. The second-order valence-electron chi connectivity index (χ2n) is 34.5. The molecule has 1 radical (unpaired) electrons. The van der Waals surface area contributed by atoms with E-state index in [-0.39, 0.29) is 177 Å². The van der Waals surface area contributed by atoms with Crippen molar-refractivity contribution in [2.45, 2.75) is 86.0 Å². The summed E-state index contributed by atoms with van der Waals surface area (Å²) < 4.78 is 19.2. The van der Waals surface area contributed by atoms with Crippen molar-refractivity contribution < 1.29 is 199 Å². The average molecular weight is 2570 g/mol. The SMILES string of the molecule is CC(C)(C)OC(=O)n1cc(I)c2cccnc21.CC1(C)O[B]OC1(C)C.CCN(CC)CC.CO.Nc1cc(-c2c[nH]c3ncccc23)c2ccccc2n1.Nc1cc(Br)c2ccccc2n1.O=CO[O-].[Cs+].[Cs+].[H-].[Pd].c1ccc(P(c2ccccc2)c2ccccc2)cc1.c1ccc(P(c2ccccc2)c2ccccc2)cc1.c1ccc(P(c2ccccc2)c2ccccc2)cc1.c1ccc(P(c2ccccc2)c2ccccc2)cc1. The summed E-state index contributed by atoms with van der Waals surface area (Å²) in [5, 5.41) is 36.4. The molecule has 6 N–H and O–H groups in total. The molecule has 0 unspecified atom stereocenters. The zero-order valence-corrected chi connectivity index (χ0v) is 108. The minimum Gasteiger partial charge on any atom is -1.00 e. The quantitative estimate of drug-likeness (QED) is 0.0165. The van der Waals surface area contributed by atoms with Crippen molar-refractivity contribution in [3.63, 3.8) is 0 Å². The Morgan fingerprint density at radius 3 is 0.967 bits per heavy atom. The zero-order chi connectivity index (χ0) is 105. The van der Waals surface area contributed by atoms with Gasteiger partial charge in [-0.25, -0.2) is 29.3 Å². The predicted octanol–water partition coefficient (Wildman–Crippen LogP) is 17.8. The summed E-state index contributed by atoms with van der Waals surface area (Å²) >= 11 is 5.61. The Hall–Kier alpha value is -8.62. The molecule has 1 aliphatic heterocycles. The molecule has 14 aromatic carbocycles. The number of anilines is 2. The van der Waals surface area contributed by atoms with Crippen LogP contribution in [0, 0.1) is 3.57 Å². The van der Waals surface area contributed by atoms with E-state index >= 15 is 0 Å². The van der Waals surface area contributed by atoms with Gasteiger partial charge in [-0.3, -0.25) is 4.79 Å². The normalized spacial score (nSPS) is 11.5. The van der Waals surface area contributed by atoms with Crippen molar-refractivity contribution >= 4 is 210 Å². The molecule has 1 saturated heterocycles. The van der Waals surface area contributed by atoms with Crippen molar-refractivity contribution in [1.29, 1.82) is 0 Å². The van der Waals surface area contributed by atoms with E-state index in [4.69, 9.17) is 40.7 Å². The number of nitrogen functional groups attached to an aromatic ring is 2. The van der Waals surface area contributed by atoms with Gasteiger partial charge >= 0.3 is 152 Å². The Kier molecular flexibility index (Phi) is 57.3. The number of ether oxygens (including phenoxy) is 1. The van der Waals surface area contributed by atoms with E-state index in [1.54, 1.807) is 18.6 Å². The van der Waals surface area contributed by atoms with E-state index in [1.165, 1.54) is 95.5 Å². The topological polar surface area (TPSA) is 242 Å². The first-order chi connectivity index (χ1) is 71.5. The van der Waals surface area contributed by atoms with Crippen LogP contribution in [-0.4, -0.2) is 103 Å². The van der Waals surface area contributed by atoms with Gasteiger partial charge in [-0.2, -0.15) is 0 Å². The number of nitrogens with zero attached hydrogens (tertiary/aromatic N) is 6. The molecule has 0 atom stereocenters. The Morgan fingerprint density at radius 2 is 0.693 bits per heavy atom. The molecule has 0 aliphatic carbocycles. The fourth-order valence-corrected chi connectivity index (χ4v) is 25.6. The summed E-state index contributed by atoms with van der Waals surface area (Å²) in [5.41, 5.74) is 16.1. The number of fused-ring (bicyclic) bond motifs is 4. The number of H-pyrrole nitrogens is 1. The largest absolute Gasteiger partial charge is 1.00 e. The van der Waals surface area contributed by atoms with E-state index in [0.717, 1.165) is 64.5 Å². The molecule has 1 fully saturated rings. The number of halogens is 2. The number of pyridine rings is 4. The molecular formula is C123H125BBrCs2IN9O8P4Pd.